The molecular formula is C14H24N2OS. The van der Waals surface area contributed by atoms with E-state index in [1.807, 2.05) is 19.9 Å². The fraction of sp³-hybridized carbons (Fsp3) is 0.643. The quantitative estimate of drug-likeness (QED) is 0.833. The van der Waals surface area contributed by atoms with Gasteiger partial charge in [0.05, 0.1) is 0 Å². The minimum atomic E-state index is -0.0603. The monoisotopic (exact) mass is 268 g/mol. The second-order valence-corrected chi connectivity index (χ2v) is 6.70. The van der Waals surface area contributed by atoms with Crippen molar-refractivity contribution in [2.45, 2.75) is 45.6 Å². The van der Waals surface area contributed by atoms with Crippen molar-refractivity contribution in [3.05, 3.63) is 22.4 Å². The van der Waals surface area contributed by atoms with E-state index in [1.165, 1.54) is 4.88 Å². The van der Waals surface area contributed by atoms with E-state index in [1.54, 1.807) is 11.3 Å². The van der Waals surface area contributed by atoms with Gasteiger partial charge in [-0.2, -0.15) is 0 Å². The van der Waals surface area contributed by atoms with E-state index in [9.17, 15) is 4.79 Å². The summed E-state index contributed by atoms with van der Waals surface area (Å²) in [7, 11) is 0. The van der Waals surface area contributed by atoms with Gasteiger partial charge in [-0.05, 0) is 17.4 Å². The Morgan fingerprint density at radius 2 is 2.17 bits per heavy atom. The summed E-state index contributed by atoms with van der Waals surface area (Å²) in [5.74, 6) is 0.377. The van der Waals surface area contributed by atoms with Crippen molar-refractivity contribution in [1.82, 2.24) is 5.32 Å². The molecule has 3 N–H and O–H groups in total. The second kappa shape index (κ2) is 6.34. The lowest BCUT2D eigenvalue weighted by molar-refractivity contribution is -0.121. The first kappa shape index (κ1) is 15.2. The zero-order valence-corrected chi connectivity index (χ0v) is 12.5. The molecule has 0 aliphatic rings. The number of amides is 1. The standard InChI is InChI=1S/C14H24N2OS/c1-10(2)11(15)8-13(17)16-9-14(3,4)12-6-5-7-18-12/h5-7,10-11H,8-9,15H2,1-4H3,(H,16,17). The minimum absolute atomic E-state index is 0.0221. The van der Waals surface area contributed by atoms with Crippen LogP contribution in [0, 0.1) is 5.92 Å². The van der Waals surface area contributed by atoms with Crippen molar-refractivity contribution in [2.75, 3.05) is 6.54 Å². The number of nitrogens with one attached hydrogen (secondary N) is 1. The lowest BCUT2D eigenvalue weighted by Crippen LogP contribution is -2.40. The van der Waals surface area contributed by atoms with Crippen LogP contribution in [-0.4, -0.2) is 18.5 Å². The predicted octanol–water partition coefficient (Wildman–Crippen LogP) is 2.52. The summed E-state index contributed by atoms with van der Waals surface area (Å²) in [5, 5.41) is 5.05. The number of thiophene rings is 1. The molecule has 3 nitrogen and oxygen atoms in total. The molecule has 0 aromatic carbocycles. The van der Waals surface area contributed by atoms with Crippen molar-refractivity contribution in [3.63, 3.8) is 0 Å². The summed E-state index contributed by atoms with van der Waals surface area (Å²) < 4.78 is 0. The molecule has 0 aliphatic heterocycles. The van der Waals surface area contributed by atoms with E-state index >= 15 is 0 Å². The Kier molecular flexibility index (Phi) is 5.35. The molecule has 1 rings (SSSR count). The molecule has 0 spiro atoms. The molecule has 1 aromatic rings. The zero-order valence-electron chi connectivity index (χ0n) is 11.7. The fourth-order valence-corrected chi connectivity index (χ4v) is 2.44. The molecule has 0 bridgehead atoms. The van der Waals surface area contributed by atoms with Gasteiger partial charge < -0.3 is 11.1 Å². The highest BCUT2D eigenvalue weighted by Crippen LogP contribution is 2.26. The summed E-state index contributed by atoms with van der Waals surface area (Å²) in [4.78, 5) is 13.1. The summed E-state index contributed by atoms with van der Waals surface area (Å²) in [5.41, 5.74) is 5.87. The third-order valence-corrected chi connectivity index (χ3v) is 4.43. The van der Waals surface area contributed by atoms with Crippen LogP contribution >= 0.6 is 11.3 Å². The second-order valence-electron chi connectivity index (χ2n) is 5.75. The van der Waals surface area contributed by atoms with Gasteiger partial charge in [0.2, 0.25) is 5.91 Å². The van der Waals surface area contributed by atoms with Gasteiger partial charge in [0.25, 0.3) is 0 Å². The van der Waals surface area contributed by atoms with Crippen molar-refractivity contribution in [1.29, 1.82) is 0 Å². The summed E-state index contributed by atoms with van der Waals surface area (Å²) in [6.07, 6.45) is 0.401. The van der Waals surface area contributed by atoms with Crippen LogP contribution in [0.5, 0.6) is 0 Å². The van der Waals surface area contributed by atoms with E-state index in [-0.39, 0.29) is 17.4 Å². The zero-order chi connectivity index (χ0) is 13.8. The van der Waals surface area contributed by atoms with E-state index < -0.39 is 0 Å². The van der Waals surface area contributed by atoms with Crippen molar-refractivity contribution < 1.29 is 4.79 Å². The van der Waals surface area contributed by atoms with Crippen LogP contribution in [0.2, 0.25) is 0 Å². The van der Waals surface area contributed by atoms with Crippen LogP contribution in [0.3, 0.4) is 0 Å². The Morgan fingerprint density at radius 3 is 2.67 bits per heavy atom. The fourth-order valence-electron chi connectivity index (χ4n) is 1.59. The normalized spacial score (nSPS) is 13.7. The number of rotatable bonds is 6. The molecule has 18 heavy (non-hydrogen) atoms. The topological polar surface area (TPSA) is 55.1 Å². The number of hydrogen-bond donors (Lipinski definition) is 2. The first-order chi connectivity index (χ1) is 8.33. The van der Waals surface area contributed by atoms with E-state index in [4.69, 9.17) is 5.73 Å². The summed E-state index contributed by atoms with van der Waals surface area (Å²) >= 11 is 1.72. The van der Waals surface area contributed by atoms with E-state index in [2.05, 4.69) is 30.6 Å². The first-order valence-corrected chi connectivity index (χ1v) is 7.27. The highest BCUT2D eigenvalue weighted by molar-refractivity contribution is 7.10. The average molecular weight is 268 g/mol. The minimum Gasteiger partial charge on any atom is -0.355 e. The Morgan fingerprint density at radius 1 is 1.50 bits per heavy atom. The number of hydrogen-bond acceptors (Lipinski definition) is 3. The third kappa shape index (κ3) is 4.42. The summed E-state index contributed by atoms with van der Waals surface area (Å²) in [6.45, 7) is 9.00. The maximum atomic E-state index is 11.8. The van der Waals surface area contributed by atoms with Crippen LogP contribution < -0.4 is 11.1 Å². The predicted molar refractivity (Wildman–Crippen MR) is 77.8 cm³/mol. The molecule has 1 amide bonds. The molecule has 4 heteroatoms. The maximum absolute atomic E-state index is 11.8. The molecule has 1 unspecified atom stereocenters. The molecule has 1 aromatic heterocycles. The average Bonchev–Trinajstić information content (AvgIpc) is 2.80. The van der Waals surface area contributed by atoms with Gasteiger partial charge in [0, 0.05) is 29.3 Å². The van der Waals surface area contributed by atoms with E-state index in [0.29, 0.717) is 18.9 Å². The highest BCUT2D eigenvalue weighted by Gasteiger charge is 2.23. The maximum Gasteiger partial charge on any atom is 0.221 e. The molecule has 0 aliphatic carbocycles. The lowest BCUT2D eigenvalue weighted by Gasteiger charge is -2.24. The molecule has 0 fully saturated rings. The van der Waals surface area contributed by atoms with Gasteiger partial charge in [-0.1, -0.05) is 33.8 Å². The van der Waals surface area contributed by atoms with Crippen LogP contribution in [0.15, 0.2) is 17.5 Å². The van der Waals surface area contributed by atoms with Gasteiger partial charge in [-0.15, -0.1) is 11.3 Å². The lowest BCUT2D eigenvalue weighted by atomic mass is 9.91. The molecular weight excluding hydrogens is 244 g/mol. The van der Waals surface area contributed by atoms with Gasteiger partial charge in [-0.25, -0.2) is 0 Å². The Balaban J connectivity index is 2.43. The molecule has 0 radical (unpaired) electrons. The number of carbonyl (C=O) groups excluding carboxylic acids is 1. The molecule has 1 atom stereocenters. The SMILES string of the molecule is CC(C)C(N)CC(=O)NCC(C)(C)c1cccs1. The van der Waals surface area contributed by atoms with Crippen molar-refractivity contribution in [2.24, 2.45) is 11.7 Å². The molecule has 1 heterocycles. The molecule has 102 valence electrons. The highest BCUT2D eigenvalue weighted by atomic mass is 32.1. The van der Waals surface area contributed by atoms with Gasteiger partial charge in [-0.3, -0.25) is 4.79 Å². The first-order valence-electron chi connectivity index (χ1n) is 6.39. The number of nitrogens with two attached hydrogens (primary N) is 1. The smallest absolute Gasteiger partial charge is 0.221 e. The van der Waals surface area contributed by atoms with E-state index in [0.717, 1.165) is 0 Å². The number of carbonyl (C=O) groups is 1. The third-order valence-electron chi connectivity index (χ3n) is 3.19. The Hall–Kier alpha value is -0.870. The van der Waals surface area contributed by atoms with Crippen LogP contribution in [0.25, 0.3) is 0 Å². The van der Waals surface area contributed by atoms with Crippen molar-refractivity contribution >= 4 is 17.2 Å². The summed E-state index contributed by atoms with van der Waals surface area (Å²) in [6, 6.07) is 4.09. The van der Waals surface area contributed by atoms with Crippen LogP contribution in [-0.2, 0) is 10.2 Å². The van der Waals surface area contributed by atoms with Gasteiger partial charge in [0.15, 0.2) is 0 Å². The van der Waals surface area contributed by atoms with Crippen LogP contribution in [0.1, 0.15) is 39.0 Å². The van der Waals surface area contributed by atoms with Crippen LogP contribution in [0.4, 0.5) is 0 Å². The largest absolute Gasteiger partial charge is 0.355 e. The van der Waals surface area contributed by atoms with Gasteiger partial charge >= 0.3 is 0 Å². The molecule has 0 saturated heterocycles. The molecule has 0 saturated carbocycles. The Bertz CT molecular complexity index is 371. The van der Waals surface area contributed by atoms with Gasteiger partial charge in [0.1, 0.15) is 0 Å². The Labute approximate surface area is 114 Å². The van der Waals surface area contributed by atoms with Crippen molar-refractivity contribution in [3.8, 4) is 0 Å².